The van der Waals surface area contributed by atoms with E-state index >= 15 is 0 Å². The summed E-state index contributed by atoms with van der Waals surface area (Å²) in [5.41, 5.74) is 1.16. The topological polar surface area (TPSA) is 93.5 Å². The van der Waals surface area contributed by atoms with Gasteiger partial charge in [0.05, 0.1) is 24.8 Å². The van der Waals surface area contributed by atoms with Gasteiger partial charge in [-0.2, -0.15) is 5.10 Å². The third-order valence-corrected chi connectivity index (χ3v) is 4.10. The molecule has 1 fully saturated rings. The first-order valence-corrected chi connectivity index (χ1v) is 8.15. The highest BCUT2D eigenvalue weighted by Gasteiger charge is 2.28. The molecule has 0 aliphatic carbocycles. The number of carbonyl (C=O) groups excluding carboxylic acids is 3. The van der Waals surface area contributed by atoms with Gasteiger partial charge in [-0.1, -0.05) is 0 Å². The van der Waals surface area contributed by atoms with E-state index in [9.17, 15) is 14.4 Å². The SMILES string of the molecule is CCOC(=O)C1CCN(C(=O)CNC(=O)c2cc(C)nn2C)CC1. The lowest BCUT2D eigenvalue weighted by molar-refractivity contribution is -0.151. The number of piperidine rings is 1. The largest absolute Gasteiger partial charge is 0.466 e. The maximum absolute atomic E-state index is 12.2. The summed E-state index contributed by atoms with van der Waals surface area (Å²) in [6, 6.07) is 1.67. The molecule has 2 rings (SSSR count). The maximum Gasteiger partial charge on any atom is 0.309 e. The zero-order chi connectivity index (χ0) is 17.7. The van der Waals surface area contributed by atoms with E-state index in [0.717, 1.165) is 5.69 Å². The molecule has 0 bridgehead atoms. The summed E-state index contributed by atoms with van der Waals surface area (Å²) in [6.45, 7) is 4.90. The Kier molecular flexibility index (Phi) is 5.94. The quantitative estimate of drug-likeness (QED) is 0.779. The Morgan fingerprint density at radius 1 is 1.33 bits per heavy atom. The van der Waals surface area contributed by atoms with Gasteiger partial charge in [0.1, 0.15) is 5.69 Å². The van der Waals surface area contributed by atoms with Gasteiger partial charge in [0.15, 0.2) is 0 Å². The molecule has 0 aromatic carbocycles. The van der Waals surface area contributed by atoms with Crippen molar-refractivity contribution in [2.75, 3.05) is 26.2 Å². The number of rotatable bonds is 5. The second-order valence-electron chi connectivity index (χ2n) is 5.88. The average molecular weight is 336 g/mol. The number of esters is 1. The molecule has 1 saturated heterocycles. The van der Waals surface area contributed by atoms with Crippen LogP contribution in [0.1, 0.15) is 35.9 Å². The normalized spacial score (nSPS) is 15.2. The fourth-order valence-corrected chi connectivity index (χ4v) is 2.81. The van der Waals surface area contributed by atoms with Crippen molar-refractivity contribution in [3.8, 4) is 0 Å². The molecule has 132 valence electrons. The molecule has 2 amide bonds. The summed E-state index contributed by atoms with van der Waals surface area (Å²) in [6.07, 6.45) is 1.19. The van der Waals surface area contributed by atoms with Crippen LogP contribution in [0, 0.1) is 12.8 Å². The summed E-state index contributed by atoms with van der Waals surface area (Å²) in [5.74, 6) is -0.803. The predicted octanol–water partition coefficient (Wildman–Crippen LogP) is 0.260. The van der Waals surface area contributed by atoms with Crippen molar-refractivity contribution in [1.29, 1.82) is 0 Å². The molecule has 24 heavy (non-hydrogen) atoms. The van der Waals surface area contributed by atoms with Crippen molar-refractivity contribution in [1.82, 2.24) is 20.0 Å². The predicted molar refractivity (Wildman–Crippen MR) is 86.2 cm³/mol. The molecule has 0 atom stereocenters. The van der Waals surface area contributed by atoms with Crippen LogP contribution in [0.3, 0.4) is 0 Å². The second-order valence-corrected chi connectivity index (χ2v) is 5.88. The summed E-state index contributed by atoms with van der Waals surface area (Å²) in [7, 11) is 1.68. The summed E-state index contributed by atoms with van der Waals surface area (Å²) in [4.78, 5) is 37.6. The first kappa shape index (κ1) is 18.0. The minimum absolute atomic E-state index is 0.0624. The zero-order valence-corrected chi connectivity index (χ0v) is 14.4. The number of ether oxygens (including phenoxy) is 1. The number of hydrogen-bond donors (Lipinski definition) is 1. The second kappa shape index (κ2) is 7.94. The van der Waals surface area contributed by atoms with Crippen molar-refractivity contribution in [3.63, 3.8) is 0 Å². The fraction of sp³-hybridized carbons (Fsp3) is 0.625. The van der Waals surface area contributed by atoms with Crippen LogP contribution >= 0.6 is 0 Å². The van der Waals surface area contributed by atoms with E-state index in [-0.39, 0.29) is 30.2 Å². The molecule has 1 aliphatic heterocycles. The zero-order valence-electron chi connectivity index (χ0n) is 14.4. The van der Waals surface area contributed by atoms with Crippen molar-refractivity contribution >= 4 is 17.8 Å². The molecule has 1 aromatic rings. The Morgan fingerprint density at radius 3 is 2.54 bits per heavy atom. The molecule has 0 radical (unpaired) electrons. The number of amides is 2. The van der Waals surface area contributed by atoms with Crippen LogP contribution in [0.25, 0.3) is 0 Å². The van der Waals surface area contributed by atoms with Crippen LogP contribution in [0.4, 0.5) is 0 Å². The van der Waals surface area contributed by atoms with Crippen LogP contribution in [0.5, 0.6) is 0 Å². The lowest BCUT2D eigenvalue weighted by atomic mass is 9.97. The highest BCUT2D eigenvalue weighted by Crippen LogP contribution is 2.18. The van der Waals surface area contributed by atoms with Gasteiger partial charge in [-0.15, -0.1) is 0 Å². The van der Waals surface area contributed by atoms with E-state index in [1.165, 1.54) is 4.68 Å². The smallest absolute Gasteiger partial charge is 0.309 e. The Morgan fingerprint density at radius 2 is 2.00 bits per heavy atom. The summed E-state index contributed by atoms with van der Waals surface area (Å²) in [5, 5.41) is 6.73. The molecule has 0 spiro atoms. The molecular formula is C16H24N4O4. The fourth-order valence-electron chi connectivity index (χ4n) is 2.81. The van der Waals surface area contributed by atoms with Gasteiger partial charge in [-0.05, 0) is 32.8 Å². The molecule has 1 aromatic heterocycles. The minimum Gasteiger partial charge on any atom is -0.466 e. The number of aryl methyl sites for hydroxylation is 2. The molecule has 2 heterocycles. The van der Waals surface area contributed by atoms with Crippen LogP contribution in [0.2, 0.25) is 0 Å². The Balaban J connectivity index is 1.79. The Bertz CT molecular complexity index is 618. The van der Waals surface area contributed by atoms with E-state index in [2.05, 4.69) is 10.4 Å². The molecule has 8 nitrogen and oxygen atoms in total. The number of hydrogen-bond acceptors (Lipinski definition) is 5. The van der Waals surface area contributed by atoms with E-state index in [1.54, 1.807) is 31.9 Å². The Labute approximate surface area is 141 Å². The number of nitrogens with zero attached hydrogens (tertiary/aromatic N) is 3. The molecular weight excluding hydrogens is 312 g/mol. The molecule has 1 N–H and O–H groups in total. The third-order valence-electron chi connectivity index (χ3n) is 4.10. The molecule has 1 aliphatic rings. The number of carbonyl (C=O) groups is 3. The van der Waals surface area contributed by atoms with Gasteiger partial charge in [-0.3, -0.25) is 19.1 Å². The number of likely N-dealkylation sites (tertiary alicyclic amines) is 1. The van der Waals surface area contributed by atoms with Gasteiger partial charge in [0, 0.05) is 20.1 Å². The summed E-state index contributed by atoms with van der Waals surface area (Å²) < 4.78 is 6.50. The van der Waals surface area contributed by atoms with E-state index in [1.807, 2.05) is 0 Å². The monoisotopic (exact) mass is 336 g/mol. The lowest BCUT2D eigenvalue weighted by Gasteiger charge is -2.30. The van der Waals surface area contributed by atoms with E-state index in [0.29, 0.717) is 38.2 Å². The number of aromatic nitrogens is 2. The molecule has 0 unspecified atom stereocenters. The van der Waals surface area contributed by atoms with Crippen molar-refractivity contribution < 1.29 is 19.1 Å². The first-order valence-electron chi connectivity index (χ1n) is 8.15. The van der Waals surface area contributed by atoms with Crippen molar-refractivity contribution in [2.24, 2.45) is 13.0 Å². The van der Waals surface area contributed by atoms with Crippen molar-refractivity contribution in [3.05, 3.63) is 17.5 Å². The van der Waals surface area contributed by atoms with Crippen LogP contribution in [-0.2, 0) is 21.4 Å². The van der Waals surface area contributed by atoms with E-state index in [4.69, 9.17) is 4.74 Å². The lowest BCUT2D eigenvalue weighted by Crippen LogP contribution is -2.45. The summed E-state index contributed by atoms with van der Waals surface area (Å²) >= 11 is 0. The van der Waals surface area contributed by atoms with Gasteiger partial charge >= 0.3 is 5.97 Å². The molecule has 0 saturated carbocycles. The first-order chi connectivity index (χ1) is 11.4. The Hall–Kier alpha value is -2.38. The molecule has 8 heteroatoms. The van der Waals surface area contributed by atoms with Gasteiger partial charge in [0.2, 0.25) is 5.91 Å². The third kappa shape index (κ3) is 4.33. The van der Waals surface area contributed by atoms with Crippen molar-refractivity contribution in [2.45, 2.75) is 26.7 Å². The number of nitrogens with one attached hydrogen (secondary N) is 1. The van der Waals surface area contributed by atoms with Crippen LogP contribution in [0.15, 0.2) is 6.07 Å². The van der Waals surface area contributed by atoms with E-state index < -0.39 is 0 Å². The van der Waals surface area contributed by atoms with Gasteiger partial charge < -0.3 is 15.0 Å². The van der Waals surface area contributed by atoms with Gasteiger partial charge in [-0.25, -0.2) is 0 Å². The maximum atomic E-state index is 12.2. The van der Waals surface area contributed by atoms with Crippen LogP contribution in [-0.4, -0.2) is 58.7 Å². The van der Waals surface area contributed by atoms with Crippen LogP contribution < -0.4 is 5.32 Å². The standard InChI is InChI=1S/C16H24N4O4/c1-4-24-16(23)12-5-7-20(8-6-12)14(21)10-17-15(22)13-9-11(2)18-19(13)3/h9,12H,4-8,10H2,1-3H3,(H,17,22). The highest BCUT2D eigenvalue weighted by molar-refractivity contribution is 5.95. The highest BCUT2D eigenvalue weighted by atomic mass is 16.5. The minimum atomic E-state index is -0.326. The van der Waals surface area contributed by atoms with Gasteiger partial charge in [0.25, 0.3) is 5.91 Å². The average Bonchev–Trinajstić information content (AvgIpc) is 2.91.